The number of ketones is 1. The molecule has 1 fully saturated rings. The average molecular weight is 1600 g/mol. The summed E-state index contributed by atoms with van der Waals surface area (Å²) in [7, 11) is 0. The monoisotopic (exact) mass is 1590 g/mol. The maximum absolute atomic E-state index is 13.4. The Labute approximate surface area is 635 Å². The van der Waals surface area contributed by atoms with Crippen LogP contribution in [0.1, 0.15) is 105 Å². The minimum absolute atomic E-state index is 0.0370. The predicted octanol–water partition coefficient (Wildman–Crippen LogP) is 17.8. The molecule has 0 radical (unpaired) electrons. The highest BCUT2D eigenvalue weighted by Crippen LogP contribution is 2.38. The number of hydrogen-bond acceptors (Lipinski definition) is 13. The van der Waals surface area contributed by atoms with E-state index in [1.54, 1.807) is 70.0 Å². The van der Waals surface area contributed by atoms with Crippen LogP contribution in [-0.4, -0.2) is 96.0 Å². The molecular formula is C79H74Br2ClF5N18O2. The number of hydrogen-bond donors (Lipinski definition) is 3. The number of nitriles is 1. The van der Waals surface area contributed by atoms with E-state index < -0.39 is 0 Å². The largest absolute Gasteiger partial charge is 0.382 e. The number of rotatable bonds is 11. The molecule has 0 atom stereocenters. The van der Waals surface area contributed by atoms with E-state index in [9.17, 15) is 31.5 Å². The SMILES string of the molecule is CC(=O)Nc1cn2nc(-c3c(-c4ccc(F)cc4)nc4n3CCC4)ccc2n1.Fc1ccc(-c2cn3c(n2)CCC3)cc1.Fc1ccc(-c2nc3n(c2Br)CCC3)cc1.N#CCCCCl.N=C1CCCC1.Nc1cn2nc(-c3c(-c4ccc(F)cc4)nc4n3CCC4)ccc2n1.O=C(CBr)c1ccc(F)cc1. The molecule has 1 amide bonds. The van der Waals surface area contributed by atoms with Gasteiger partial charge in [-0.05, 0) is 219 Å². The van der Waals surface area contributed by atoms with Gasteiger partial charge in [-0.2, -0.15) is 15.5 Å². The number of carbonyl (C=O) groups is 2. The minimum atomic E-state index is -0.323. The lowest BCUT2D eigenvalue weighted by Gasteiger charge is -2.08. The molecule has 12 heterocycles. The van der Waals surface area contributed by atoms with Gasteiger partial charge in [-0.25, -0.2) is 60.9 Å². The van der Waals surface area contributed by atoms with E-state index in [0.29, 0.717) is 40.8 Å². The van der Waals surface area contributed by atoms with Crippen molar-refractivity contribution in [1.29, 1.82) is 10.7 Å². The molecule has 107 heavy (non-hydrogen) atoms. The minimum Gasteiger partial charge on any atom is -0.382 e. The molecule has 13 aromatic rings. The Kier molecular flexibility index (Phi) is 25.2. The molecule has 4 aliphatic heterocycles. The Balaban J connectivity index is 0.000000124. The first kappa shape index (κ1) is 75.8. The first-order chi connectivity index (χ1) is 51.9. The number of alkyl halides is 2. The Bertz CT molecular complexity index is 5290. The van der Waals surface area contributed by atoms with Gasteiger partial charge in [0.15, 0.2) is 22.9 Å². The van der Waals surface area contributed by atoms with Crippen molar-refractivity contribution in [3.8, 4) is 73.9 Å². The second-order valence-corrected chi connectivity index (χ2v) is 27.3. The van der Waals surface area contributed by atoms with Crippen LogP contribution >= 0.6 is 43.5 Å². The summed E-state index contributed by atoms with van der Waals surface area (Å²) in [4.78, 5) is 49.5. The van der Waals surface area contributed by atoms with Gasteiger partial charge in [0.05, 0.1) is 52.3 Å². The average Bonchev–Trinajstić information content (AvgIpc) is 1.62. The van der Waals surface area contributed by atoms with Crippen molar-refractivity contribution in [3.63, 3.8) is 0 Å². The van der Waals surface area contributed by atoms with E-state index >= 15 is 0 Å². The van der Waals surface area contributed by atoms with Crippen LogP contribution < -0.4 is 11.1 Å². The van der Waals surface area contributed by atoms with Gasteiger partial charge in [-0.3, -0.25) is 9.59 Å². The lowest BCUT2D eigenvalue weighted by atomic mass is 10.1. The van der Waals surface area contributed by atoms with Crippen LogP contribution in [-0.2, 0) is 56.7 Å². The van der Waals surface area contributed by atoms with Gasteiger partial charge < -0.3 is 34.7 Å². The molecule has 0 saturated heterocycles. The number of nitrogens with zero attached hydrogens (tertiary/aromatic N) is 15. The molecule has 1 aliphatic carbocycles. The van der Waals surface area contributed by atoms with Gasteiger partial charge in [-0.15, -0.1) is 11.6 Å². The number of aryl methyl sites for hydroxylation is 5. The maximum Gasteiger partial charge on any atom is 0.222 e. The lowest BCUT2D eigenvalue weighted by molar-refractivity contribution is -0.114. The molecule has 5 aromatic carbocycles. The highest BCUT2D eigenvalue weighted by molar-refractivity contribution is 9.10. The molecule has 0 bridgehead atoms. The van der Waals surface area contributed by atoms with Crippen LogP contribution in [0.2, 0.25) is 0 Å². The molecule has 548 valence electrons. The van der Waals surface area contributed by atoms with Crippen molar-refractivity contribution in [2.45, 2.75) is 123 Å². The van der Waals surface area contributed by atoms with Gasteiger partial charge in [0.2, 0.25) is 5.91 Å². The number of benzene rings is 5. The van der Waals surface area contributed by atoms with Crippen molar-refractivity contribution in [1.82, 2.24) is 67.4 Å². The van der Waals surface area contributed by atoms with Crippen molar-refractivity contribution >= 4 is 83.8 Å². The zero-order valence-corrected chi connectivity index (χ0v) is 62.3. The predicted molar refractivity (Wildman–Crippen MR) is 410 cm³/mol. The summed E-state index contributed by atoms with van der Waals surface area (Å²) in [6.45, 7) is 5.30. The summed E-state index contributed by atoms with van der Waals surface area (Å²) in [5.41, 5.74) is 19.1. The third-order valence-corrected chi connectivity index (χ3v) is 19.5. The van der Waals surface area contributed by atoms with E-state index in [-0.39, 0.29) is 46.1 Å². The number of nitrogen functional groups attached to an aromatic ring is 1. The summed E-state index contributed by atoms with van der Waals surface area (Å²) in [5.74, 6) is 4.31. The molecule has 1 saturated carbocycles. The number of carbonyl (C=O) groups excluding carboxylic acids is 2. The fraction of sp³-hybridized carbons (Fsp3) is 0.266. The standard InChI is InChI=1S/C20H17FN6O.C18H15FN6.C12H10BrFN2.C12H11FN2.C8H6BrFO.C5H9N.C4H6ClN/c1-12(28)22-16-11-27-18(23-16)9-8-15(25-27)20-19(13-4-6-14(21)7-5-13)24-17-3-2-10-26(17)20;19-12-5-3-11(4-6-12)17-18(24-9-1-2-15(24)22-17)13-7-8-16-21-14(20)10-25(16)23-13;13-12-11(8-3-5-9(14)6-4-8)15-10-2-1-7-16(10)12;13-10-5-3-9(4-6-10)11-8-15-7-1-2-12(15)14-11;9-5-8(11)6-1-3-7(10)4-2-6;6-5-3-1-2-4-5;5-3-1-2-4-6/h4-9,11H,2-3,10H2,1H3,(H,22,28);3-8,10H,1-2,9,20H2;3-6H,1-2,7H2;3-6,8H,1-2,7H2;1-4H,5H2;6H,1-4H2;1-3H2. The number of Topliss-reactive ketones (excluding diaryl/α,β-unsaturated/α-hetero) is 1. The number of imidazole rings is 6. The summed E-state index contributed by atoms with van der Waals surface area (Å²) >= 11 is 11.8. The third-order valence-electron chi connectivity index (χ3n) is 17.9. The van der Waals surface area contributed by atoms with Crippen molar-refractivity contribution < 1.29 is 31.5 Å². The number of fused-ring (bicyclic) bond motifs is 6. The van der Waals surface area contributed by atoms with E-state index in [2.05, 4.69) is 86.7 Å². The molecular weight excluding hydrogens is 1520 g/mol. The van der Waals surface area contributed by atoms with Gasteiger partial charge in [0, 0.05) is 111 Å². The zero-order chi connectivity index (χ0) is 75.1. The van der Waals surface area contributed by atoms with Crippen LogP contribution in [0, 0.1) is 45.8 Å². The maximum atomic E-state index is 13.4. The molecule has 28 heteroatoms. The topological polar surface area (TPSA) is 251 Å². The summed E-state index contributed by atoms with van der Waals surface area (Å²) in [6, 6.07) is 40.8. The summed E-state index contributed by atoms with van der Waals surface area (Å²) in [5, 5.41) is 27.2. The second-order valence-electron chi connectivity index (χ2n) is 25.6. The highest BCUT2D eigenvalue weighted by Gasteiger charge is 2.27. The van der Waals surface area contributed by atoms with Crippen LogP contribution in [0.3, 0.4) is 0 Å². The Morgan fingerprint density at radius 2 is 0.963 bits per heavy atom. The van der Waals surface area contributed by atoms with E-state index in [4.69, 9.17) is 43.1 Å². The number of nitrogens with one attached hydrogen (secondary N) is 2. The van der Waals surface area contributed by atoms with Crippen LogP contribution in [0.5, 0.6) is 0 Å². The van der Waals surface area contributed by atoms with Crippen LogP contribution in [0.25, 0.3) is 79.1 Å². The smallest absolute Gasteiger partial charge is 0.222 e. The summed E-state index contributed by atoms with van der Waals surface area (Å²) in [6.07, 6.45) is 19.9. The van der Waals surface area contributed by atoms with Gasteiger partial charge in [-0.1, -0.05) is 15.9 Å². The first-order valence-corrected chi connectivity index (χ1v) is 37.5. The molecule has 0 spiro atoms. The molecule has 4 N–H and O–H groups in total. The van der Waals surface area contributed by atoms with Crippen molar-refractivity contribution in [2.24, 2.45) is 0 Å². The van der Waals surface area contributed by atoms with Crippen LogP contribution in [0.15, 0.2) is 169 Å². The normalized spacial score (nSPS) is 13.3. The quantitative estimate of drug-likeness (QED) is 0.0473. The third kappa shape index (κ3) is 18.9. The summed E-state index contributed by atoms with van der Waals surface area (Å²) < 4.78 is 77.6. The van der Waals surface area contributed by atoms with E-state index in [0.717, 1.165) is 192 Å². The number of anilines is 2. The van der Waals surface area contributed by atoms with Gasteiger partial charge >= 0.3 is 0 Å². The number of nitrogens with two attached hydrogens (primary N) is 1. The second kappa shape index (κ2) is 35.5. The molecule has 18 rings (SSSR count). The van der Waals surface area contributed by atoms with Crippen LogP contribution in [0.4, 0.5) is 33.6 Å². The van der Waals surface area contributed by atoms with E-state index in [1.165, 1.54) is 99.0 Å². The Hall–Kier alpha value is -10.8. The van der Waals surface area contributed by atoms with E-state index in [1.807, 2.05) is 30.3 Å². The molecule has 8 aromatic heterocycles. The Morgan fingerprint density at radius 3 is 1.41 bits per heavy atom. The van der Waals surface area contributed by atoms with Crippen molar-refractivity contribution in [3.05, 3.63) is 227 Å². The van der Waals surface area contributed by atoms with Gasteiger partial charge in [0.1, 0.15) is 79.9 Å². The first-order valence-electron chi connectivity index (χ1n) is 35.0. The van der Waals surface area contributed by atoms with Gasteiger partial charge in [0.25, 0.3) is 0 Å². The number of halogens is 8. The number of amides is 1. The fourth-order valence-corrected chi connectivity index (χ4v) is 14.0. The Morgan fingerprint density at radius 1 is 0.523 bits per heavy atom. The lowest BCUT2D eigenvalue weighted by Crippen LogP contribution is -2.05. The highest BCUT2D eigenvalue weighted by atomic mass is 79.9. The zero-order valence-electron chi connectivity index (χ0n) is 58.4. The molecule has 20 nitrogen and oxygen atoms in total. The number of unbranched alkanes of at least 4 members (excludes halogenated alkanes) is 1. The molecule has 5 aliphatic rings. The number of aromatic nitrogens is 14. The molecule has 0 unspecified atom stereocenters. The fourth-order valence-electron chi connectivity index (χ4n) is 12.8. The van der Waals surface area contributed by atoms with Crippen molar-refractivity contribution in [2.75, 3.05) is 22.3 Å².